The van der Waals surface area contributed by atoms with Crippen LogP contribution in [0.25, 0.3) is 10.9 Å². The Bertz CT molecular complexity index is 1240. The molecule has 7 nitrogen and oxygen atoms in total. The number of nitrogens with zero attached hydrogens (tertiary/aromatic N) is 2. The molecule has 1 amide bonds. The molecule has 1 aliphatic heterocycles. The van der Waals surface area contributed by atoms with Gasteiger partial charge in [0.1, 0.15) is 0 Å². The molecule has 174 valence electrons. The molecular weight excluding hydrogens is 440 g/mol. The van der Waals surface area contributed by atoms with Crippen molar-refractivity contribution in [2.45, 2.75) is 32.7 Å². The van der Waals surface area contributed by atoms with Crippen LogP contribution < -0.4 is 16.6 Å². The molecule has 1 aliphatic rings. The van der Waals surface area contributed by atoms with Gasteiger partial charge in [0.25, 0.3) is 11.5 Å². The van der Waals surface area contributed by atoms with Crippen LogP contribution in [0.5, 0.6) is 0 Å². The van der Waals surface area contributed by atoms with Gasteiger partial charge in [-0.25, -0.2) is 4.79 Å². The number of fused-ring (bicyclic) bond motifs is 1. The van der Waals surface area contributed by atoms with Crippen molar-refractivity contribution in [1.82, 2.24) is 19.8 Å². The summed E-state index contributed by atoms with van der Waals surface area (Å²) in [5.41, 5.74) is 0.649. The van der Waals surface area contributed by atoms with Crippen molar-refractivity contribution >= 4 is 28.4 Å². The number of piperidine rings is 1. The van der Waals surface area contributed by atoms with Gasteiger partial charge in [-0.1, -0.05) is 30.7 Å². The van der Waals surface area contributed by atoms with E-state index in [1.165, 1.54) is 12.8 Å². The van der Waals surface area contributed by atoms with Crippen molar-refractivity contribution in [3.8, 4) is 0 Å². The quantitative estimate of drug-likeness (QED) is 0.521. The molecule has 2 N–H and O–H groups in total. The maximum Gasteiger partial charge on any atom is 0.329 e. The lowest BCUT2D eigenvalue weighted by Gasteiger charge is -2.30. The lowest BCUT2D eigenvalue weighted by molar-refractivity contribution is 0.0950. The molecule has 1 aromatic heterocycles. The third-order valence-electron chi connectivity index (χ3n) is 6.31. The van der Waals surface area contributed by atoms with Crippen molar-refractivity contribution < 1.29 is 4.79 Å². The van der Waals surface area contributed by atoms with Gasteiger partial charge in [0.2, 0.25) is 0 Å². The highest BCUT2D eigenvalue weighted by Gasteiger charge is 2.15. The summed E-state index contributed by atoms with van der Waals surface area (Å²) in [6, 6.07) is 11.8. The topological polar surface area (TPSA) is 87.2 Å². The molecule has 3 aromatic rings. The number of benzene rings is 2. The SMILES string of the molecule is CC1CCN(CCCNC(=O)c2ccc3c(=O)n(Cc4ccc(Cl)cc4)c(=O)[nH]c3c2)CC1. The number of hydrogen-bond acceptors (Lipinski definition) is 4. The number of carbonyl (C=O) groups excluding carboxylic acids is 1. The summed E-state index contributed by atoms with van der Waals surface area (Å²) in [4.78, 5) is 43.2. The first kappa shape index (κ1) is 23.3. The second kappa shape index (κ2) is 10.4. The number of hydrogen-bond donors (Lipinski definition) is 2. The highest BCUT2D eigenvalue weighted by molar-refractivity contribution is 6.30. The van der Waals surface area contributed by atoms with Gasteiger partial charge in [0.15, 0.2) is 0 Å². The zero-order valence-electron chi connectivity index (χ0n) is 18.8. The highest BCUT2D eigenvalue weighted by Crippen LogP contribution is 2.16. The largest absolute Gasteiger partial charge is 0.352 e. The van der Waals surface area contributed by atoms with E-state index in [-0.39, 0.29) is 12.5 Å². The maximum atomic E-state index is 12.9. The molecule has 1 fully saturated rings. The van der Waals surface area contributed by atoms with E-state index in [4.69, 9.17) is 11.6 Å². The lowest BCUT2D eigenvalue weighted by Crippen LogP contribution is -2.36. The minimum absolute atomic E-state index is 0.138. The first-order valence-corrected chi connectivity index (χ1v) is 11.8. The van der Waals surface area contributed by atoms with Gasteiger partial charge >= 0.3 is 5.69 Å². The van der Waals surface area contributed by atoms with Crippen LogP contribution in [0.3, 0.4) is 0 Å². The molecular formula is C25H29ClN4O3. The fraction of sp³-hybridized carbons (Fsp3) is 0.400. The Morgan fingerprint density at radius 3 is 2.58 bits per heavy atom. The molecule has 0 saturated carbocycles. The molecule has 4 rings (SSSR count). The predicted octanol–water partition coefficient (Wildman–Crippen LogP) is 3.24. The summed E-state index contributed by atoms with van der Waals surface area (Å²) >= 11 is 5.90. The van der Waals surface area contributed by atoms with Gasteiger partial charge in [0.05, 0.1) is 17.4 Å². The van der Waals surface area contributed by atoms with Crippen LogP contribution in [0.1, 0.15) is 42.1 Å². The highest BCUT2D eigenvalue weighted by atomic mass is 35.5. The average Bonchev–Trinajstić information content (AvgIpc) is 2.81. The van der Waals surface area contributed by atoms with Crippen LogP contribution in [-0.2, 0) is 6.54 Å². The van der Waals surface area contributed by atoms with Gasteiger partial charge < -0.3 is 15.2 Å². The van der Waals surface area contributed by atoms with E-state index < -0.39 is 11.2 Å². The first-order chi connectivity index (χ1) is 15.9. The summed E-state index contributed by atoms with van der Waals surface area (Å²) in [6.45, 7) is 6.25. The summed E-state index contributed by atoms with van der Waals surface area (Å²) in [6.07, 6.45) is 3.37. The lowest BCUT2D eigenvalue weighted by atomic mass is 9.99. The summed E-state index contributed by atoms with van der Waals surface area (Å²) in [5, 5.41) is 3.89. The normalized spacial score (nSPS) is 15.1. The van der Waals surface area contributed by atoms with Gasteiger partial charge in [-0.3, -0.25) is 14.2 Å². The van der Waals surface area contributed by atoms with Crippen LogP contribution in [0, 0.1) is 5.92 Å². The number of likely N-dealkylation sites (tertiary alicyclic amines) is 1. The number of aromatic nitrogens is 2. The Hall–Kier alpha value is -2.90. The predicted molar refractivity (Wildman–Crippen MR) is 131 cm³/mol. The van der Waals surface area contributed by atoms with Gasteiger partial charge in [0, 0.05) is 17.1 Å². The number of aromatic amines is 1. The second-order valence-electron chi connectivity index (χ2n) is 8.84. The van der Waals surface area contributed by atoms with Crippen LogP contribution in [0.15, 0.2) is 52.1 Å². The number of nitrogens with one attached hydrogen (secondary N) is 2. The van der Waals surface area contributed by atoms with Gasteiger partial charge in [-0.05, 0) is 80.7 Å². The smallest absolute Gasteiger partial charge is 0.329 e. The van der Waals surface area contributed by atoms with Crippen LogP contribution in [0.4, 0.5) is 0 Å². The van der Waals surface area contributed by atoms with E-state index in [1.54, 1.807) is 42.5 Å². The zero-order valence-corrected chi connectivity index (χ0v) is 19.5. The molecule has 0 bridgehead atoms. The van der Waals surface area contributed by atoms with Crippen molar-refractivity contribution in [1.29, 1.82) is 0 Å². The van der Waals surface area contributed by atoms with E-state index in [1.807, 2.05) is 0 Å². The molecule has 33 heavy (non-hydrogen) atoms. The Morgan fingerprint density at radius 2 is 1.85 bits per heavy atom. The molecule has 0 radical (unpaired) electrons. The number of rotatable bonds is 7. The number of halogens is 1. The molecule has 1 saturated heterocycles. The Morgan fingerprint density at radius 1 is 1.12 bits per heavy atom. The molecule has 8 heteroatoms. The second-order valence-corrected chi connectivity index (χ2v) is 9.28. The van der Waals surface area contributed by atoms with Crippen LogP contribution in [-0.4, -0.2) is 46.5 Å². The Kier molecular flexibility index (Phi) is 7.30. The van der Waals surface area contributed by atoms with Crippen LogP contribution in [0.2, 0.25) is 5.02 Å². The third-order valence-corrected chi connectivity index (χ3v) is 6.56. The fourth-order valence-electron chi connectivity index (χ4n) is 4.20. The molecule has 2 aromatic carbocycles. The van der Waals surface area contributed by atoms with E-state index in [2.05, 4.69) is 22.1 Å². The average molecular weight is 469 g/mol. The van der Waals surface area contributed by atoms with Crippen molar-refractivity contribution in [2.24, 2.45) is 5.92 Å². The summed E-state index contributed by atoms with van der Waals surface area (Å²) in [5.74, 6) is 0.595. The summed E-state index contributed by atoms with van der Waals surface area (Å²) < 4.78 is 1.15. The van der Waals surface area contributed by atoms with Gasteiger partial charge in [-0.15, -0.1) is 0 Å². The molecule has 0 spiro atoms. The molecule has 0 aliphatic carbocycles. The molecule has 2 heterocycles. The molecule has 0 unspecified atom stereocenters. The first-order valence-electron chi connectivity index (χ1n) is 11.4. The fourth-order valence-corrected chi connectivity index (χ4v) is 4.33. The Labute approximate surface area is 197 Å². The maximum absolute atomic E-state index is 12.9. The standard InChI is InChI=1S/C25H29ClN4O3/c1-17-9-13-29(14-10-17)12-2-11-27-23(31)19-5-8-21-22(15-19)28-25(33)30(24(21)32)16-18-3-6-20(26)7-4-18/h3-8,15,17H,2,9-14,16H2,1H3,(H,27,31)(H,28,33). The van der Waals surface area contributed by atoms with Crippen molar-refractivity contribution in [2.75, 3.05) is 26.2 Å². The minimum Gasteiger partial charge on any atom is -0.352 e. The molecule has 0 atom stereocenters. The Balaban J connectivity index is 1.41. The summed E-state index contributed by atoms with van der Waals surface area (Å²) in [7, 11) is 0. The minimum atomic E-state index is -0.518. The van der Waals surface area contributed by atoms with E-state index in [0.29, 0.717) is 28.0 Å². The third kappa shape index (κ3) is 5.72. The van der Waals surface area contributed by atoms with Gasteiger partial charge in [-0.2, -0.15) is 0 Å². The number of amides is 1. The van der Waals surface area contributed by atoms with Crippen molar-refractivity contribution in [3.05, 3.63) is 79.5 Å². The van der Waals surface area contributed by atoms with E-state index in [0.717, 1.165) is 42.1 Å². The van der Waals surface area contributed by atoms with Crippen molar-refractivity contribution in [3.63, 3.8) is 0 Å². The van der Waals surface area contributed by atoms with Crippen LogP contribution >= 0.6 is 11.6 Å². The van der Waals surface area contributed by atoms with E-state index in [9.17, 15) is 14.4 Å². The number of carbonyl (C=O) groups is 1. The monoisotopic (exact) mass is 468 g/mol. The van der Waals surface area contributed by atoms with E-state index >= 15 is 0 Å². The number of H-pyrrole nitrogens is 1. The zero-order chi connectivity index (χ0) is 23.4.